The Morgan fingerprint density at radius 1 is 0.694 bits per heavy atom. The van der Waals surface area contributed by atoms with Crippen molar-refractivity contribution in [2.24, 2.45) is 0 Å². The number of ether oxygens (including phenoxy) is 9. The standard InChI is InChI=1S/C22H24O7.C12H14O5.C10H8ClF3O2/c1-14-17(20(23)25-3)10-11-18-19(14)29-16(12-27-18)13-28-21(24)22(2,26-4)15-8-6-5-7-9-15;1-7-9(12(14)15-2)3-4-10-11(7)17-8(5-13)6-16-10;1-16-9(8(11)15,10(12,13)14)7-5-3-2-4-6-7/h5-11,16H,12-13H2,1-4H3;3-4,8,13H,5-6H2,1-2H3;2-6H,1H3/t16-,22-;8-;9-/m100/s1. The molecule has 1 N–H and O–H groups in total. The predicted octanol–water partition coefficient (Wildman–Crippen LogP) is 6.80. The molecule has 0 saturated carbocycles. The number of alkyl halides is 3. The number of hydrogen-bond acceptors (Lipinski definition) is 14. The van der Waals surface area contributed by atoms with Crippen LogP contribution in [0.25, 0.3) is 0 Å². The average molecular weight is 891 g/mol. The third kappa shape index (κ3) is 10.6. The van der Waals surface area contributed by atoms with Crippen molar-refractivity contribution in [3.8, 4) is 23.0 Å². The Kier molecular flexibility index (Phi) is 16.7. The van der Waals surface area contributed by atoms with Gasteiger partial charge in [-0.15, -0.1) is 0 Å². The Bertz CT molecular complexity index is 2190. The SMILES string of the molecule is COC(=O)c1ccc2c(c1C)O[C@@H](CO)CO2.COC(=O)c1ccc2c(c1C)O[C@@H](COC(=O)[C@](C)(OC)c1ccccc1)CO2.CO[C@](C(=O)Cl)(c1ccccc1)C(F)(F)F. The summed E-state index contributed by atoms with van der Waals surface area (Å²) < 4.78 is 86.1. The van der Waals surface area contributed by atoms with E-state index < -0.39 is 52.7 Å². The molecule has 2 heterocycles. The fraction of sp³-hybridized carbons (Fsp3) is 0.364. The van der Waals surface area contributed by atoms with Crippen LogP contribution in [0.3, 0.4) is 0 Å². The monoisotopic (exact) mass is 890 g/mol. The van der Waals surface area contributed by atoms with Crippen LogP contribution in [-0.4, -0.2) is 102 Å². The van der Waals surface area contributed by atoms with Gasteiger partial charge in [0.2, 0.25) is 0 Å². The van der Waals surface area contributed by atoms with Crippen molar-refractivity contribution in [2.45, 2.75) is 50.4 Å². The first-order chi connectivity index (χ1) is 29.4. The molecule has 2 aliphatic heterocycles. The fourth-order valence-electron chi connectivity index (χ4n) is 6.21. The quantitative estimate of drug-likeness (QED) is 0.0948. The van der Waals surface area contributed by atoms with Crippen LogP contribution in [0.1, 0.15) is 49.9 Å². The van der Waals surface area contributed by atoms with E-state index in [-0.39, 0.29) is 25.4 Å². The molecule has 0 radical (unpaired) electrons. The second kappa shape index (κ2) is 21.3. The number of benzene rings is 4. The van der Waals surface area contributed by atoms with E-state index in [1.165, 1.54) is 39.5 Å². The molecule has 4 aromatic carbocycles. The Balaban J connectivity index is 0.000000219. The minimum Gasteiger partial charge on any atom is -0.486 e. The lowest BCUT2D eigenvalue weighted by Gasteiger charge is -2.30. The van der Waals surface area contributed by atoms with Crippen LogP contribution in [0.15, 0.2) is 84.9 Å². The Hall–Kier alpha value is -5.88. The summed E-state index contributed by atoms with van der Waals surface area (Å²) in [5.41, 5.74) is -1.89. The van der Waals surface area contributed by atoms with Gasteiger partial charge >= 0.3 is 24.1 Å². The highest BCUT2D eigenvalue weighted by atomic mass is 35.5. The summed E-state index contributed by atoms with van der Waals surface area (Å²) in [7, 11) is 4.90. The van der Waals surface area contributed by atoms with Crippen molar-refractivity contribution in [2.75, 3.05) is 54.9 Å². The number of esters is 3. The molecule has 0 unspecified atom stereocenters. The molecule has 4 aromatic rings. The summed E-state index contributed by atoms with van der Waals surface area (Å²) >= 11 is 5.04. The van der Waals surface area contributed by atoms with Crippen LogP contribution in [0.5, 0.6) is 23.0 Å². The van der Waals surface area contributed by atoms with Crippen LogP contribution in [-0.2, 0) is 44.5 Å². The molecule has 0 amide bonds. The highest BCUT2D eigenvalue weighted by Crippen LogP contribution is 2.44. The van der Waals surface area contributed by atoms with Gasteiger partial charge in [0.25, 0.3) is 10.8 Å². The molecule has 0 fully saturated rings. The van der Waals surface area contributed by atoms with Gasteiger partial charge in [-0.25, -0.2) is 14.4 Å². The minimum atomic E-state index is -4.91. The largest absolute Gasteiger partial charge is 0.486 e. The van der Waals surface area contributed by atoms with E-state index in [1.807, 2.05) is 18.2 Å². The van der Waals surface area contributed by atoms with E-state index >= 15 is 0 Å². The lowest BCUT2D eigenvalue weighted by Crippen LogP contribution is -2.48. The normalized spacial score (nSPS) is 16.9. The van der Waals surface area contributed by atoms with Crippen molar-refractivity contribution in [3.05, 3.63) is 118 Å². The summed E-state index contributed by atoms with van der Waals surface area (Å²) in [5.74, 6) is 0.654. The van der Waals surface area contributed by atoms with E-state index in [2.05, 4.69) is 9.47 Å². The van der Waals surface area contributed by atoms with Gasteiger partial charge in [0.05, 0.1) is 32.0 Å². The summed E-state index contributed by atoms with van der Waals surface area (Å²) in [6, 6.07) is 22.3. The highest BCUT2D eigenvalue weighted by Gasteiger charge is 2.62. The van der Waals surface area contributed by atoms with Crippen LogP contribution < -0.4 is 18.9 Å². The topological polar surface area (TPSA) is 172 Å². The molecule has 4 atom stereocenters. The van der Waals surface area contributed by atoms with Gasteiger partial charge in [-0.1, -0.05) is 60.7 Å². The predicted molar refractivity (Wildman–Crippen MR) is 216 cm³/mol. The van der Waals surface area contributed by atoms with Crippen LogP contribution in [0.4, 0.5) is 13.2 Å². The Morgan fingerprint density at radius 2 is 1.15 bits per heavy atom. The van der Waals surface area contributed by atoms with Crippen molar-refractivity contribution in [3.63, 3.8) is 0 Å². The molecule has 14 nitrogen and oxygen atoms in total. The number of fused-ring (bicyclic) bond motifs is 2. The lowest BCUT2D eigenvalue weighted by molar-refractivity contribution is -0.260. The van der Waals surface area contributed by atoms with Gasteiger partial charge in [-0.05, 0) is 62.2 Å². The summed E-state index contributed by atoms with van der Waals surface area (Å²) in [6.45, 7) is 5.54. The minimum absolute atomic E-state index is 0.0219. The van der Waals surface area contributed by atoms with Crippen molar-refractivity contribution in [1.82, 2.24) is 0 Å². The maximum absolute atomic E-state index is 12.9. The average Bonchev–Trinajstić information content (AvgIpc) is 3.28. The zero-order valence-corrected chi connectivity index (χ0v) is 35.6. The Morgan fingerprint density at radius 3 is 1.55 bits per heavy atom. The molecule has 62 heavy (non-hydrogen) atoms. The Labute approximate surface area is 360 Å². The maximum Gasteiger partial charge on any atom is 0.430 e. The first-order valence-corrected chi connectivity index (χ1v) is 19.1. The molecule has 6 rings (SSSR count). The molecule has 18 heteroatoms. The van der Waals surface area contributed by atoms with Crippen LogP contribution in [0, 0.1) is 13.8 Å². The van der Waals surface area contributed by atoms with Gasteiger partial charge in [0.1, 0.15) is 19.8 Å². The zero-order chi connectivity index (χ0) is 45.8. The second-order valence-electron chi connectivity index (χ2n) is 13.6. The van der Waals surface area contributed by atoms with Gasteiger partial charge in [-0.2, -0.15) is 13.2 Å². The van der Waals surface area contributed by atoms with Gasteiger partial charge in [-0.3, -0.25) is 4.79 Å². The summed E-state index contributed by atoms with van der Waals surface area (Å²) in [6.07, 6.45) is -5.83. The number of aliphatic hydroxyl groups is 1. The third-order valence-corrected chi connectivity index (χ3v) is 10.1. The third-order valence-electron chi connectivity index (χ3n) is 9.86. The summed E-state index contributed by atoms with van der Waals surface area (Å²) in [5, 5.41) is 7.42. The van der Waals surface area contributed by atoms with Gasteiger partial charge in [0.15, 0.2) is 40.8 Å². The van der Waals surface area contributed by atoms with Crippen molar-refractivity contribution >= 4 is 34.8 Å². The number of carbonyl (C=O) groups excluding carboxylic acids is 4. The molecule has 0 spiro atoms. The number of methoxy groups -OCH3 is 4. The zero-order valence-electron chi connectivity index (χ0n) is 34.8. The molecular formula is C44H46ClF3O14. The first kappa shape index (κ1) is 48.8. The second-order valence-corrected chi connectivity index (χ2v) is 14.0. The number of halogens is 4. The molecule has 0 aromatic heterocycles. The number of rotatable bonds is 11. The van der Waals surface area contributed by atoms with E-state index in [0.717, 1.165) is 19.2 Å². The van der Waals surface area contributed by atoms with E-state index in [0.29, 0.717) is 57.4 Å². The molecule has 2 aliphatic rings. The van der Waals surface area contributed by atoms with E-state index in [9.17, 15) is 32.3 Å². The van der Waals surface area contributed by atoms with E-state index in [1.54, 1.807) is 57.2 Å². The molecular weight excluding hydrogens is 845 g/mol. The van der Waals surface area contributed by atoms with E-state index in [4.69, 9.17) is 49.9 Å². The first-order valence-electron chi connectivity index (χ1n) is 18.7. The fourth-order valence-corrected chi connectivity index (χ4v) is 6.51. The smallest absolute Gasteiger partial charge is 0.430 e. The van der Waals surface area contributed by atoms with Gasteiger partial charge < -0.3 is 47.7 Å². The van der Waals surface area contributed by atoms with Gasteiger partial charge in [0, 0.05) is 30.9 Å². The molecule has 0 bridgehead atoms. The van der Waals surface area contributed by atoms with Crippen molar-refractivity contribution < 1.29 is 80.1 Å². The van der Waals surface area contributed by atoms with Crippen LogP contribution in [0.2, 0.25) is 0 Å². The summed E-state index contributed by atoms with van der Waals surface area (Å²) in [4.78, 5) is 47.2. The highest BCUT2D eigenvalue weighted by molar-refractivity contribution is 6.65. The van der Waals surface area contributed by atoms with Crippen molar-refractivity contribution in [1.29, 1.82) is 0 Å². The lowest BCUT2D eigenvalue weighted by atomic mass is 9.94. The molecule has 0 aliphatic carbocycles. The van der Waals surface area contributed by atoms with Crippen LogP contribution >= 0.6 is 11.6 Å². The number of aliphatic hydroxyl groups excluding tert-OH is 1. The molecule has 334 valence electrons. The number of hydrogen-bond donors (Lipinski definition) is 1. The maximum atomic E-state index is 12.9. The number of carbonyl (C=O) groups is 4. The molecule has 0 saturated heterocycles.